The largest absolute Gasteiger partial charge is 0.354 e. The van der Waals surface area contributed by atoms with Gasteiger partial charge in [0.05, 0.1) is 16.9 Å². The summed E-state index contributed by atoms with van der Waals surface area (Å²) in [4.78, 5) is 13.1. The molecule has 2 saturated heterocycles. The van der Waals surface area contributed by atoms with Crippen LogP contribution < -0.4 is 10.6 Å². The van der Waals surface area contributed by atoms with E-state index in [0.717, 1.165) is 17.2 Å². The molecule has 1 amide bonds. The van der Waals surface area contributed by atoms with E-state index in [-0.39, 0.29) is 35.3 Å². The van der Waals surface area contributed by atoms with E-state index < -0.39 is 10.0 Å². The summed E-state index contributed by atoms with van der Waals surface area (Å²) in [6, 6.07) is 18.2. The van der Waals surface area contributed by atoms with Gasteiger partial charge in [-0.3, -0.25) is 4.79 Å². The lowest BCUT2D eigenvalue weighted by atomic mass is 9.90. The van der Waals surface area contributed by atoms with E-state index in [1.165, 1.54) is 4.31 Å². The van der Waals surface area contributed by atoms with E-state index in [1.54, 1.807) is 30.3 Å². The number of piperidine rings is 1. The van der Waals surface area contributed by atoms with E-state index in [2.05, 4.69) is 10.6 Å². The van der Waals surface area contributed by atoms with Crippen LogP contribution in [0.15, 0.2) is 65.6 Å². The van der Waals surface area contributed by atoms with E-state index in [4.69, 9.17) is 0 Å². The van der Waals surface area contributed by atoms with Crippen LogP contribution in [0, 0.1) is 5.92 Å². The van der Waals surface area contributed by atoms with E-state index in [0.29, 0.717) is 19.4 Å². The number of nitrogens with one attached hydrogen (secondary N) is 2. The normalized spacial score (nSPS) is 25.1. The molecule has 4 rings (SSSR count). The van der Waals surface area contributed by atoms with Crippen molar-refractivity contribution in [1.29, 1.82) is 0 Å². The van der Waals surface area contributed by atoms with Gasteiger partial charge in [0, 0.05) is 30.8 Å². The molecule has 30 heavy (non-hydrogen) atoms. The maximum atomic E-state index is 13.5. The lowest BCUT2D eigenvalue weighted by molar-refractivity contribution is -0.126. The molecule has 3 atom stereocenters. The molecule has 2 aromatic carbocycles. The predicted octanol–water partition coefficient (Wildman–Crippen LogP) is 2.61. The first-order chi connectivity index (χ1) is 14.6. The molecule has 0 saturated carbocycles. The summed E-state index contributed by atoms with van der Waals surface area (Å²) in [7, 11) is -3.72. The number of sulfonamides is 1. The number of amides is 1. The van der Waals surface area contributed by atoms with E-state index in [9.17, 15) is 13.2 Å². The highest BCUT2D eigenvalue weighted by molar-refractivity contribution is 7.99. The molecule has 2 aliphatic heterocycles. The Balaban J connectivity index is 1.55. The van der Waals surface area contributed by atoms with Gasteiger partial charge >= 0.3 is 0 Å². The highest BCUT2D eigenvalue weighted by Crippen LogP contribution is 2.37. The summed E-state index contributed by atoms with van der Waals surface area (Å²) in [5.74, 6) is 1.48. The van der Waals surface area contributed by atoms with Crippen molar-refractivity contribution in [2.24, 2.45) is 5.92 Å². The summed E-state index contributed by atoms with van der Waals surface area (Å²) >= 11 is 1.82. The smallest absolute Gasteiger partial charge is 0.243 e. The monoisotopic (exact) mass is 445 g/mol. The lowest BCUT2D eigenvalue weighted by Gasteiger charge is -2.38. The van der Waals surface area contributed by atoms with Crippen molar-refractivity contribution in [1.82, 2.24) is 14.9 Å². The molecule has 6 nitrogen and oxygen atoms in total. The van der Waals surface area contributed by atoms with Crippen LogP contribution in [-0.4, -0.2) is 49.4 Å². The van der Waals surface area contributed by atoms with Crippen LogP contribution in [0.5, 0.6) is 0 Å². The molecule has 2 fully saturated rings. The zero-order valence-corrected chi connectivity index (χ0v) is 18.4. The fraction of sp³-hybridized carbons (Fsp3) is 0.409. The number of hydrogen-bond donors (Lipinski definition) is 2. The molecule has 3 unspecified atom stereocenters. The summed E-state index contributed by atoms with van der Waals surface area (Å²) in [5, 5.41) is 6.36. The predicted molar refractivity (Wildman–Crippen MR) is 119 cm³/mol. The zero-order valence-electron chi connectivity index (χ0n) is 16.7. The van der Waals surface area contributed by atoms with Crippen LogP contribution in [0.4, 0.5) is 0 Å². The van der Waals surface area contributed by atoms with E-state index in [1.807, 2.05) is 42.1 Å². The molecule has 2 aromatic rings. The number of thioether (sulfide) groups is 1. The fourth-order valence-electron chi connectivity index (χ4n) is 4.09. The van der Waals surface area contributed by atoms with Crippen LogP contribution in [-0.2, 0) is 14.8 Å². The average molecular weight is 446 g/mol. The summed E-state index contributed by atoms with van der Waals surface area (Å²) in [6.45, 7) is 0.769. The number of rotatable bonds is 6. The number of benzene rings is 2. The standard InChI is InChI=1S/C22H27N3O3S2/c26-22(23-13-19-15-29-16-24-19)18-11-12-21(17-7-3-1-4-8-17)25(14-18)30(27,28)20-9-5-2-6-10-20/h1-10,18-19,21,24H,11-16H2,(H,23,26). The van der Waals surface area contributed by atoms with Gasteiger partial charge in [-0.15, -0.1) is 11.8 Å². The maximum Gasteiger partial charge on any atom is 0.243 e. The van der Waals surface area contributed by atoms with Gasteiger partial charge in [0.25, 0.3) is 0 Å². The molecule has 2 heterocycles. The van der Waals surface area contributed by atoms with Gasteiger partial charge < -0.3 is 10.6 Å². The van der Waals surface area contributed by atoms with Crippen molar-refractivity contribution in [3.63, 3.8) is 0 Å². The van der Waals surface area contributed by atoms with E-state index >= 15 is 0 Å². The van der Waals surface area contributed by atoms with Crippen molar-refractivity contribution < 1.29 is 13.2 Å². The third-order valence-corrected chi connectivity index (χ3v) is 8.66. The third-order valence-electron chi connectivity index (χ3n) is 5.76. The van der Waals surface area contributed by atoms with Crippen LogP contribution in [0.25, 0.3) is 0 Å². The maximum absolute atomic E-state index is 13.5. The van der Waals surface area contributed by atoms with Gasteiger partial charge in [-0.1, -0.05) is 48.5 Å². The Morgan fingerprint density at radius 2 is 1.77 bits per heavy atom. The topological polar surface area (TPSA) is 78.5 Å². The molecule has 0 aliphatic carbocycles. The number of hydrogen-bond acceptors (Lipinski definition) is 5. The third kappa shape index (κ3) is 4.72. The summed E-state index contributed by atoms with van der Waals surface area (Å²) in [6.07, 6.45) is 1.28. The Hall–Kier alpha value is -1.87. The second kappa shape index (κ2) is 9.51. The molecular formula is C22H27N3O3S2. The quantitative estimate of drug-likeness (QED) is 0.715. The Labute approximate surface area is 182 Å². The molecule has 0 bridgehead atoms. The van der Waals surface area contributed by atoms with Crippen LogP contribution in [0.1, 0.15) is 24.4 Å². The van der Waals surface area contributed by atoms with Gasteiger partial charge in [0.2, 0.25) is 15.9 Å². The highest BCUT2D eigenvalue weighted by atomic mass is 32.2. The van der Waals surface area contributed by atoms with Gasteiger partial charge in [-0.25, -0.2) is 8.42 Å². The molecule has 2 aliphatic rings. The first-order valence-corrected chi connectivity index (χ1v) is 12.9. The molecule has 160 valence electrons. The van der Waals surface area contributed by atoms with Crippen LogP contribution in [0.3, 0.4) is 0 Å². The molecule has 2 N–H and O–H groups in total. The molecule has 0 spiro atoms. The Morgan fingerprint density at radius 3 is 2.43 bits per heavy atom. The Morgan fingerprint density at radius 1 is 1.07 bits per heavy atom. The Bertz CT molecular complexity index is 948. The minimum Gasteiger partial charge on any atom is -0.354 e. The molecule has 8 heteroatoms. The number of carbonyl (C=O) groups is 1. The lowest BCUT2D eigenvalue weighted by Crippen LogP contribution is -2.48. The fourth-order valence-corrected chi connectivity index (χ4v) is 6.79. The van der Waals surface area contributed by atoms with Crippen LogP contribution in [0.2, 0.25) is 0 Å². The van der Waals surface area contributed by atoms with Gasteiger partial charge in [-0.2, -0.15) is 4.31 Å². The van der Waals surface area contributed by atoms with Crippen molar-refractivity contribution in [2.75, 3.05) is 24.7 Å². The van der Waals surface area contributed by atoms with Crippen molar-refractivity contribution in [3.05, 3.63) is 66.2 Å². The van der Waals surface area contributed by atoms with Gasteiger partial charge in [-0.05, 0) is 30.5 Å². The highest BCUT2D eigenvalue weighted by Gasteiger charge is 2.40. The molecular weight excluding hydrogens is 418 g/mol. The van der Waals surface area contributed by atoms with Crippen molar-refractivity contribution >= 4 is 27.7 Å². The average Bonchev–Trinajstić information content (AvgIpc) is 3.32. The SMILES string of the molecule is O=C(NCC1CSCN1)C1CCC(c2ccccc2)N(S(=O)(=O)c2ccccc2)C1. The second-order valence-corrected chi connectivity index (χ2v) is 10.7. The van der Waals surface area contributed by atoms with Gasteiger partial charge in [0.15, 0.2) is 0 Å². The minimum atomic E-state index is -3.72. The molecule has 0 radical (unpaired) electrons. The van der Waals surface area contributed by atoms with Crippen molar-refractivity contribution in [3.8, 4) is 0 Å². The van der Waals surface area contributed by atoms with Crippen LogP contribution >= 0.6 is 11.8 Å². The first-order valence-electron chi connectivity index (χ1n) is 10.3. The zero-order chi connectivity index (χ0) is 21.0. The summed E-state index contributed by atoms with van der Waals surface area (Å²) in [5.41, 5.74) is 0.961. The second-order valence-electron chi connectivity index (χ2n) is 7.75. The van der Waals surface area contributed by atoms with Crippen molar-refractivity contribution in [2.45, 2.75) is 29.8 Å². The number of nitrogens with zero attached hydrogens (tertiary/aromatic N) is 1. The summed E-state index contributed by atoms with van der Waals surface area (Å²) < 4.78 is 28.5. The minimum absolute atomic E-state index is 0.0616. The number of carbonyl (C=O) groups excluding carboxylic acids is 1. The Kier molecular flexibility index (Phi) is 6.77. The molecule has 0 aromatic heterocycles. The first kappa shape index (κ1) is 21.4. The van der Waals surface area contributed by atoms with Gasteiger partial charge in [0.1, 0.15) is 0 Å².